The average Bonchev–Trinajstić information content (AvgIpc) is 2.83. The fraction of sp³-hybridized carbons (Fsp3) is 0.545. The third kappa shape index (κ3) is 5.77. The van der Waals surface area contributed by atoms with E-state index < -0.39 is 10.0 Å². The lowest BCUT2D eigenvalue weighted by Crippen LogP contribution is -2.52. The highest BCUT2D eigenvalue weighted by Crippen LogP contribution is 2.23. The SMILES string of the molecule is CCc1cnc(N2CCC(COc3ccc(N4CCN(S(C)(=O)=O)CC4=O)nc3)CC2)nc1. The summed E-state index contributed by atoms with van der Waals surface area (Å²) in [4.78, 5) is 29.4. The van der Waals surface area contributed by atoms with E-state index in [1.165, 1.54) is 9.21 Å². The maximum Gasteiger partial charge on any atom is 0.243 e. The molecule has 1 amide bonds. The molecule has 2 aromatic heterocycles. The molecule has 0 aromatic carbocycles. The second-order valence-electron chi connectivity index (χ2n) is 8.48. The van der Waals surface area contributed by atoms with Gasteiger partial charge in [0.1, 0.15) is 11.6 Å². The van der Waals surface area contributed by atoms with E-state index in [0.29, 0.717) is 24.1 Å². The summed E-state index contributed by atoms with van der Waals surface area (Å²) < 4.78 is 30.4. The van der Waals surface area contributed by atoms with Crippen LogP contribution in [0.4, 0.5) is 11.8 Å². The van der Waals surface area contributed by atoms with Crippen LogP contribution < -0.4 is 14.5 Å². The third-order valence-electron chi connectivity index (χ3n) is 6.13. The van der Waals surface area contributed by atoms with Gasteiger partial charge in [-0.15, -0.1) is 0 Å². The van der Waals surface area contributed by atoms with Gasteiger partial charge in [0.15, 0.2) is 0 Å². The zero-order valence-corrected chi connectivity index (χ0v) is 19.9. The van der Waals surface area contributed by atoms with E-state index in [1.54, 1.807) is 18.3 Å². The number of piperazine rings is 1. The molecular formula is C22H30N6O4S. The first-order chi connectivity index (χ1) is 15.8. The lowest BCUT2D eigenvalue weighted by atomic mass is 9.98. The molecule has 2 aliphatic rings. The number of ether oxygens (including phenoxy) is 1. The Kier molecular flexibility index (Phi) is 7.08. The highest BCUT2D eigenvalue weighted by atomic mass is 32.2. The Balaban J connectivity index is 1.24. The first-order valence-electron chi connectivity index (χ1n) is 11.2. The van der Waals surface area contributed by atoms with Crippen LogP contribution in [-0.4, -0.2) is 79.2 Å². The topological polar surface area (TPSA) is 109 Å². The molecule has 10 nitrogen and oxygen atoms in total. The molecule has 2 aromatic rings. The van der Waals surface area contributed by atoms with E-state index in [1.807, 2.05) is 12.4 Å². The smallest absolute Gasteiger partial charge is 0.243 e. The number of aryl methyl sites for hydroxylation is 1. The molecule has 33 heavy (non-hydrogen) atoms. The van der Waals surface area contributed by atoms with Crippen LogP contribution in [0.5, 0.6) is 5.75 Å². The largest absolute Gasteiger partial charge is 0.492 e. The molecule has 0 N–H and O–H groups in total. The molecule has 0 bridgehead atoms. The fourth-order valence-corrected chi connectivity index (χ4v) is 4.76. The predicted octanol–water partition coefficient (Wildman–Crippen LogP) is 1.34. The molecule has 0 spiro atoms. The number of aromatic nitrogens is 3. The molecule has 0 radical (unpaired) electrons. The number of amides is 1. The summed E-state index contributed by atoms with van der Waals surface area (Å²) in [5, 5.41) is 0. The first kappa shape index (κ1) is 23.4. The number of pyridine rings is 1. The van der Waals surface area contributed by atoms with E-state index in [-0.39, 0.29) is 25.5 Å². The van der Waals surface area contributed by atoms with Gasteiger partial charge in [-0.25, -0.2) is 23.4 Å². The van der Waals surface area contributed by atoms with Crippen molar-refractivity contribution in [1.82, 2.24) is 19.3 Å². The maximum atomic E-state index is 12.4. The predicted molar refractivity (Wildman–Crippen MR) is 125 cm³/mol. The van der Waals surface area contributed by atoms with E-state index in [9.17, 15) is 13.2 Å². The van der Waals surface area contributed by atoms with Gasteiger partial charge in [0, 0.05) is 38.6 Å². The maximum absolute atomic E-state index is 12.4. The van der Waals surface area contributed by atoms with Gasteiger partial charge in [0.2, 0.25) is 21.9 Å². The van der Waals surface area contributed by atoms with Gasteiger partial charge in [0.25, 0.3) is 0 Å². The Hall–Kier alpha value is -2.79. The number of carbonyl (C=O) groups excluding carboxylic acids is 1. The Morgan fingerprint density at radius 2 is 1.76 bits per heavy atom. The van der Waals surface area contributed by atoms with Crippen LogP contribution in [0.15, 0.2) is 30.7 Å². The summed E-state index contributed by atoms with van der Waals surface area (Å²) in [6, 6.07) is 3.54. The van der Waals surface area contributed by atoms with Gasteiger partial charge in [-0.1, -0.05) is 6.92 Å². The van der Waals surface area contributed by atoms with E-state index in [2.05, 4.69) is 26.8 Å². The highest BCUT2D eigenvalue weighted by molar-refractivity contribution is 7.88. The lowest BCUT2D eigenvalue weighted by molar-refractivity contribution is -0.120. The van der Waals surface area contributed by atoms with Crippen LogP contribution >= 0.6 is 0 Å². The molecular weight excluding hydrogens is 444 g/mol. The lowest BCUT2D eigenvalue weighted by Gasteiger charge is -2.32. The van der Waals surface area contributed by atoms with Gasteiger partial charge >= 0.3 is 0 Å². The normalized spacial score (nSPS) is 18.5. The molecule has 2 fully saturated rings. The van der Waals surface area contributed by atoms with Crippen LogP contribution in [0.2, 0.25) is 0 Å². The minimum absolute atomic E-state index is 0.161. The molecule has 0 atom stereocenters. The van der Waals surface area contributed by atoms with Crippen molar-refractivity contribution < 1.29 is 17.9 Å². The summed E-state index contributed by atoms with van der Waals surface area (Å²) in [6.07, 6.45) is 9.46. The number of hydrogen-bond acceptors (Lipinski definition) is 8. The second kappa shape index (κ2) is 10.0. The average molecular weight is 475 g/mol. The molecule has 0 aliphatic carbocycles. The van der Waals surface area contributed by atoms with Crippen LogP contribution in [-0.2, 0) is 21.2 Å². The van der Waals surface area contributed by atoms with Crippen molar-refractivity contribution >= 4 is 27.7 Å². The van der Waals surface area contributed by atoms with E-state index in [0.717, 1.165) is 50.1 Å². The molecule has 11 heteroatoms. The van der Waals surface area contributed by atoms with Crippen molar-refractivity contribution in [2.24, 2.45) is 5.92 Å². The Bertz CT molecular complexity index is 1050. The highest BCUT2D eigenvalue weighted by Gasteiger charge is 2.30. The number of hydrogen-bond donors (Lipinski definition) is 0. The van der Waals surface area contributed by atoms with Crippen LogP contribution in [0.25, 0.3) is 0 Å². The number of sulfonamides is 1. The Morgan fingerprint density at radius 3 is 2.33 bits per heavy atom. The summed E-state index contributed by atoms with van der Waals surface area (Å²) in [7, 11) is -3.38. The molecule has 0 unspecified atom stereocenters. The van der Waals surface area contributed by atoms with Gasteiger partial charge < -0.3 is 9.64 Å². The zero-order chi connectivity index (χ0) is 23.4. The summed E-state index contributed by atoms with van der Waals surface area (Å²) >= 11 is 0. The van der Waals surface area contributed by atoms with Crippen LogP contribution in [0, 0.1) is 5.92 Å². The Labute approximate surface area is 194 Å². The van der Waals surface area contributed by atoms with Gasteiger partial charge in [-0.3, -0.25) is 9.69 Å². The molecule has 4 heterocycles. The number of rotatable bonds is 7. The number of anilines is 2. The van der Waals surface area contributed by atoms with Crippen molar-refractivity contribution in [3.8, 4) is 5.75 Å². The van der Waals surface area contributed by atoms with Crippen molar-refractivity contribution in [2.45, 2.75) is 26.2 Å². The van der Waals surface area contributed by atoms with Crippen LogP contribution in [0.1, 0.15) is 25.3 Å². The quantitative estimate of drug-likeness (QED) is 0.591. The first-order valence-corrected chi connectivity index (χ1v) is 13.1. The van der Waals surface area contributed by atoms with Crippen molar-refractivity contribution in [3.05, 3.63) is 36.3 Å². The number of piperidine rings is 1. The Morgan fingerprint density at radius 1 is 1.03 bits per heavy atom. The number of carbonyl (C=O) groups is 1. The fourth-order valence-electron chi connectivity index (χ4n) is 4.00. The monoisotopic (exact) mass is 474 g/mol. The van der Waals surface area contributed by atoms with Crippen molar-refractivity contribution in [2.75, 3.05) is 55.4 Å². The van der Waals surface area contributed by atoms with Crippen molar-refractivity contribution in [3.63, 3.8) is 0 Å². The molecule has 178 valence electrons. The number of nitrogens with zero attached hydrogens (tertiary/aromatic N) is 6. The second-order valence-corrected chi connectivity index (χ2v) is 10.5. The minimum atomic E-state index is -3.38. The summed E-state index contributed by atoms with van der Waals surface area (Å²) in [5.74, 6) is 2.11. The van der Waals surface area contributed by atoms with Crippen LogP contribution in [0.3, 0.4) is 0 Å². The van der Waals surface area contributed by atoms with Gasteiger partial charge in [-0.05, 0) is 42.9 Å². The van der Waals surface area contributed by atoms with E-state index >= 15 is 0 Å². The minimum Gasteiger partial charge on any atom is -0.492 e. The van der Waals surface area contributed by atoms with Crippen molar-refractivity contribution in [1.29, 1.82) is 0 Å². The third-order valence-corrected chi connectivity index (χ3v) is 7.38. The molecule has 0 saturated carbocycles. The van der Waals surface area contributed by atoms with Gasteiger partial charge in [-0.2, -0.15) is 4.31 Å². The zero-order valence-electron chi connectivity index (χ0n) is 19.1. The molecule has 2 aliphatic heterocycles. The molecule has 4 rings (SSSR count). The van der Waals surface area contributed by atoms with Gasteiger partial charge in [0.05, 0.1) is 25.6 Å². The standard InChI is InChI=1S/C22H30N6O4S/c1-3-17-12-24-22(25-13-17)26-8-6-18(7-9-26)16-32-19-4-5-20(23-14-19)28-11-10-27(15-21(28)29)33(2,30)31/h4-5,12-14,18H,3,6-11,15-16H2,1-2H3. The summed E-state index contributed by atoms with van der Waals surface area (Å²) in [5.41, 5.74) is 1.14. The molecule has 2 saturated heterocycles. The summed E-state index contributed by atoms with van der Waals surface area (Å²) in [6.45, 7) is 4.88. The van der Waals surface area contributed by atoms with E-state index in [4.69, 9.17) is 4.74 Å².